The molecule has 1 aromatic carbocycles. The summed E-state index contributed by atoms with van der Waals surface area (Å²) in [6.45, 7) is 4.02. The van der Waals surface area contributed by atoms with Crippen LogP contribution in [-0.4, -0.2) is 83.2 Å². The van der Waals surface area contributed by atoms with Crippen LogP contribution in [0.25, 0.3) is 0 Å². The Labute approximate surface area is 178 Å². The Bertz CT molecular complexity index is 738. The van der Waals surface area contributed by atoms with Crippen molar-refractivity contribution in [1.82, 2.24) is 15.5 Å². The Morgan fingerprint density at radius 2 is 2.00 bits per heavy atom. The molecule has 0 radical (unpaired) electrons. The van der Waals surface area contributed by atoms with Gasteiger partial charge in [-0.2, -0.15) is 0 Å². The molecule has 30 heavy (non-hydrogen) atoms. The highest BCUT2D eigenvalue weighted by atomic mass is 16.5. The molecule has 0 spiro atoms. The molecular formula is C22H34N4O4. The van der Waals surface area contributed by atoms with Crippen LogP contribution in [0.15, 0.2) is 23.2 Å². The Hall–Kier alpha value is -2.03. The molecule has 8 nitrogen and oxygen atoms in total. The zero-order valence-corrected chi connectivity index (χ0v) is 18.2. The van der Waals surface area contributed by atoms with E-state index in [9.17, 15) is 0 Å². The lowest BCUT2D eigenvalue weighted by molar-refractivity contribution is 0.0169. The first kappa shape index (κ1) is 21.2. The molecule has 4 atom stereocenters. The van der Waals surface area contributed by atoms with Crippen LogP contribution in [0.1, 0.15) is 30.9 Å². The van der Waals surface area contributed by atoms with Gasteiger partial charge in [-0.05, 0) is 37.0 Å². The average Bonchev–Trinajstić information content (AvgIpc) is 3.42. The molecule has 4 unspecified atom stereocenters. The van der Waals surface area contributed by atoms with Crippen molar-refractivity contribution in [2.75, 3.05) is 54.1 Å². The largest absolute Gasteiger partial charge is 0.493 e. The number of aliphatic imine (C=N–C) groups is 1. The molecule has 3 saturated heterocycles. The number of guanidine groups is 1. The molecule has 0 saturated carbocycles. The van der Waals surface area contributed by atoms with Gasteiger partial charge in [-0.25, -0.2) is 0 Å². The minimum absolute atomic E-state index is 0.170. The second kappa shape index (κ2) is 9.85. The van der Waals surface area contributed by atoms with Crippen molar-refractivity contribution in [3.63, 3.8) is 0 Å². The maximum atomic E-state index is 5.97. The molecule has 2 bridgehead atoms. The van der Waals surface area contributed by atoms with Crippen LogP contribution in [0.4, 0.5) is 0 Å². The fourth-order valence-electron chi connectivity index (χ4n) is 4.76. The van der Waals surface area contributed by atoms with Crippen molar-refractivity contribution >= 4 is 5.96 Å². The number of hydrogen-bond acceptors (Lipinski definition) is 6. The topological polar surface area (TPSA) is 76.6 Å². The molecule has 0 aromatic heterocycles. The molecule has 166 valence electrons. The van der Waals surface area contributed by atoms with E-state index in [1.54, 1.807) is 14.2 Å². The van der Waals surface area contributed by atoms with E-state index in [1.807, 2.05) is 13.1 Å². The highest BCUT2D eigenvalue weighted by Crippen LogP contribution is 2.34. The van der Waals surface area contributed by atoms with Crippen LogP contribution in [0.3, 0.4) is 0 Å². The van der Waals surface area contributed by atoms with Crippen molar-refractivity contribution in [2.45, 2.75) is 43.6 Å². The van der Waals surface area contributed by atoms with Gasteiger partial charge in [0.2, 0.25) is 0 Å². The number of hydrogen-bond donors (Lipinski definition) is 2. The molecule has 0 aliphatic carbocycles. The first-order valence-electron chi connectivity index (χ1n) is 10.9. The second-order valence-electron chi connectivity index (χ2n) is 8.09. The predicted octanol–water partition coefficient (Wildman–Crippen LogP) is 1.56. The molecule has 1 aromatic rings. The minimum atomic E-state index is 0.170. The van der Waals surface area contributed by atoms with Gasteiger partial charge >= 0.3 is 0 Å². The van der Waals surface area contributed by atoms with E-state index in [1.165, 1.54) is 12.0 Å². The lowest BCUT2D eigenvalue weighted by atomic mass is 9.96. The molecule has 8 heteroatoms. The first-order chi connectivity index (χ1) is 14.7. The van der Waals surface area contributed by atoms with Crippen LogP contribution in [-0.2, 0) is 9.47 Å². The van der Waals surface area contributed by atoms with Gasteiger partial charge in [0.15, 0.2) is 17.5 Å². The molecular weight excluding hydrogens is 384 g/mol. The van der Waals surface area contributed by atoms with Crippen molar-refractivity contribution in [2.24, 2.45) is 4.99 Å². The summed E-state index contributed by atoms with van der Waals surface area (Å²) in [7, 11) is 5.16. The number of fused-ring (bicyclic) bond motifs is 2. The van der Waals surface area contributed by atoms with Crippen molar-refractivity contribution in [1.29, 1.82) is 0 Å². The predicted molar refractivity (Wildman–Crippen MR) is 115 cm³/mol. The minimum Gasteiger partial charge on any atom is -0.493 e. The third kappa shape index (κ3) is 4.66. The van der Waals surface area contributed by atoms with Crippen LogP contribution in [0.5, 0.6) is 11.5 Å². The van der Waals surface area contributed by atoms with Gasteiger partial charge in [0.25, 0.3) is 0 Å². The maximum Gasteiger partial charge on any atom is 0.191 e. The van der Waals surface area contributed by atoms with E-state index in [2.05, 4.69) is 32.7 Å². The number of methoxy groups -OCH3 is 2. The Kier molecular flexibility index (Phi) is 6.97. The van der Waals surface area contributed by atoms with Gasteiger partial charge in [-0.1, -0.05) is 6.07 Å². The van der Waals surface area contributed by atoms with Crippen LogP contribution < -0.4 is 20.1 Å². The summed E-state index contributed by atoms with van der Waals surface area (Å²) in [6, 6.07) is 6.67. The lowest BCUT2D eigenvalue weighted by Crippen LogP contribution is -2.50. The Morgan fingerprint density at radius 1 is 1.20 bits per heavy atom. The molecule has 3 heterocycles. The van der Waals surface area contributed by atoms with Crippen molar-refractivity contribution in [3.05, 3.63) is 23.8 Å². The Balaban J connectivity index is 1.45. The Morgan fingerprint density at radius 3 is 2.63 bits per heavy atom. The monoisotopic (exact) mass is 418 g/mol. The van der Waals surface area contributed by atoms with E-state index < -0.39 is 0 Å². The highest BCUT2D eigenvalue weighted by Gasteiger charge is 2.41. The fraction of sp³-hybridized carbons (Fsp3) is 0.682. The van der Waals surface area contributed by atoms with Gasteiger partial charge in [0, 0.05) is 26.7 Å². The van der Waals surface area contributed by atoms with Gasteiger partial charge in [-0.15, -0.1) is 0 Å². The maximum absolute atomic E-state index is 5.97. The van der Waals surface area contributed by atoms with Crippen molar-refractivity contribution in [3.8, 4) is 11.5 Å². The molecule has 2 N–H and O–H groups in total. The fourth-order valence-corrected chi connectivity index (χ4v) is 4.76. The van der Waals surface area contributed by atoms with Gasteiger partial charge in [0.1, 0.15) is 0 Å². The number of benzene rings is 1. The van der Waals surface area contributed by atoms with Crippen LogP contribution >= 0.6 is 0 Å². The van der Waals surface area contributed by atoms with E-state index >= 15 is 0 Å². The summed E-state index contributed by atoms with van der Waals surface area (Å²) >= 11 is 0. The summed E-state index contributed by atoms with van der Waals surface area (Å²) < 4.78 is 22.5. The smallest absolute Gasteiger partial charge is 0.191 e. The average molecular weight is 419 g/mol. The standard InChI is InChI=1S/C22H34N4O4/c1-23-22(25-17-13-16-5-7-19(17)30-16)24-14-18(26-8-10-29-11-9-26)15-4-6-20(27-2)21(12-15)28-3/h4,6,12,16-19H,5,7-11,13-14H2,1-3H3,(H2,23,24,25). The summed E-state index contributed by atoms with van der Waals surface area (Å²) in [4.78, 5) is 6.91. The summed E-state index contributed by atoms with van der Waals surface area (Å²) in [5.74, 6) is 2.31. The van der Waals surface area contributed by atoms with Crippen LogP contribution in [0.2, 0.25) is 0 Å². The van der Waals surface area contributed by atoms with Crippen LogP contribution in [0, 0.1) is 0 Å². The summed E-state index contributed by atoms with van der Waals surface area (Å²) in [5.41, 5.74) is 1.18. The highest BCUT2D eigenvalue weighted by molar-refractivity contribution is 5.80. The van der Waals surface area contributed by atoms with E-state index in [0.717, 1.165) is 63.1 Å². The van der Waals surface area contributed by atoms with Gasteiger partial charge in [-0.3, -0.25) is 9.89 Å². The zero-order chi connectivity index (χ0) is 20.9. The quantitative estimate of drug-likeness (QED) is 0.514. The third-order valence-corrected chi connectivity index (χ3v) is 6.39. The second-order valence-corrected chi connectivity index (χ2v) is 8.09. The molecule has 4 rings (SSSR count). The summed E-state index contributed by atoms with van der Waals surface area (Å²) in [6.07, 6.45) is 4.12. The number of nitrogens with one attached hydrogen (secondary N) is 2. The lowest BCUT2D eigenvalue weighted by Gasteiger charge is -2.35. The van der Waals surface area contributed by atoms with Gasteiger partial charge < -0.3 is 29.6 Å². The van der Waals surface area contributed by atoms with E-state index in [0.29, 0.717) is 18.2 Å². The van der Waals surface area contributed by atoms with E-state index in [4.69, 9.17) is 18.9 Å². The normalized spacial score (nSPS) is 27.7. The van der Waals surface area contributed by atoms with E-state index in [-0.39, 0.29) is 6.04 Å². The number of morpholine rings is 1. The third-order valence-electron chi connectivity index (χ3n) is 6.39. The molecule has 3 fully saturated rings. The number of rotatable bonds is 7. The van der Waals surface area contributed by atoms with Crippen molar-refractivity contribution < 1.29 is 18.9 Å². The zero-order valence-electron chi connectivity index (χ0n) is 18.2. The number of ether oxygens (including phenoxy) is 4. The first-order valence-corrected chi connectivity index (χ1v) is 10.9. The van der Waals surface area contributed by atoms with Gasteiger partial charge in [0.05, 0.1) is 51.7 Å². The summed E-state index contributed by atoms with van der Waals surface area (Å²) in [5, 5.41) is 7.12. The molecule has 0 amide bonds. The number of nitrogens with zero attached hydrogens (tertiary/aromatic N) is 2. The molecule has 3 aliphatic rings. The SMILES string of the molecule is CN=C(NCC(c1ccc(OC)c(OC)c1)N1CCOCC1)NC1CC2CCC1O2. The molecule has 3 aliphatic heterocycles.